The lowest BCUT2D eigenvalue weighted by atomic mass is 10.0. The van der Waals surface area contributed by atoms with Gasteiger partial charge in [0.25, 0.3) is 0 Å². The van der Waals surface area contributed by atoms with Crippen molar-refractivity contribution in [3.63, 3.8) is 0 Å². The molecule has 0 spiro atoms. The first-order valence-corrected chi connectivity index (χ1v) is 6.57. The minimum Gasteiger partial charge on any atom is -0.328 e. The molecule has 1 aliphatic heterocycles. The quantitative estimate of drug-likeness (QED) is 0.923. The summed E-state index contributed by atoms with van der Waals surface area (Å²) in [6.07, 6.45) is 1.23. The van der Waals surface area contributed by atoms with E-state index in [-0.39, 0.29) is 12.4 Å². The Bertz CT molecular complexity index is 328. The van der Waals surface area contributed by atoms with E-state index in [4.69, 9.17) is 17.3 Å². The third-order valence-corrected chi connectivity index (χ3v) is 4.28. The number of rotatable bonds is 3. The first-order chi connectivity index (χ1) is 7.15. The monoisotopic (exact) mass is 280 g/mol. The molecule has 0 amide bonds. The number of halogens is 2. The lowest BCUT2D eigenvalue weighted by Crippen LogP contribution is -2.29. The van der Waals surface area contributed by atoms with Gasteiger partial charge >= 0.3 is 0 Å². The van der Waals surface area contributed by atoms with Gasteiger partial charge in [0.2, 0.25) is 0 Å². The Balaban J connectivity index is 0.00000128. The predicted molar refractivity (Wildman–Crippen MR) is 73.6 cm³/mol. The number of hydrogen-bond donors (Lipinski definition) is 1. The Hall–Kier alpha value is 0.200. The van der Waals surface area contributed by atoms with E-state index in [2.05, 4.69) is 17.9 Å². The molecular weight excluding hydrogens is 263 g/mol. The summed E-state index contributed by atoms with van der Waals surface area (Å²) in [5.41, 5.74) is 5.91. The van der Waals surface area contributed by atoms with Gasteiger partial charge in [-0.3, -0.25) is 4.90 Å². The molecule has 5 heteroatoms. The Morgan fingerprint density at radius 3 is 2.88 bits per heavy atom. The molecule has 0 bridgehead atoms. The van der Waals surface area contributed by atoms with Gasteiger partial charge in [-0.05, 0) is 37.9 Å². The standard InChI is InChI=1S/C11H17ClN2S.ClH/c1-8(13)9-4-5-14(6-9)7-10-2-3-11(12)15-10;/h2-3,8-9H,4-7,13H2,1H3;1H. The van der Waals surface area contributed by atoms with Crippen molar-refractivity contribution in [3.8, 4) is 0 Å². The molecule has 1 aromatic heterocycles. The third-order valence-electron chi connectivity index (χ3n) is 3.06. The predicted octanol–water partition coefficient (Wildman–Crippen LogP) is 2.99. The molecule has 1 aromatic rings. The summed E-state index contributed by atoms with van der Waals surface area (Å²) >= 11 is 7.58. The molecule has 2 nitrogen and oxygen atoms in total. The highest BCUT2D eigenvalue weighted by atomic mass is 35.5. The Kier molecular flexibility index (Phi) is 5.54. The van der Waals surface area contributed by atoms with E-state index in [1.54, 1.807) is 11.3 Å². The van der Waals surface area contributed by atoms with E-state index in [1.165, 1.54) is 17.8 Å². The molecule has 0 radical (unpaired) electrons. The maximum absolute atomic E-state index is 5.91. The average Bonchev–Trinajstić information content (AvgIpc) is 2.76. The van der Waals surface area contributed by atoms with Crippen molar-refractivity contribution in [2.24, 2.45) is 11.7 Å². The molecule has 92 valence electrons. The zero-order valence-corrected chi connectivity index (χ0v) is 11.7. The van der Waals surface area contributed by atoms with E-state index in [0.717, 1.165) is 17.4 Å². The van der Waals surface area contributed by atoms with E-state index in [9.17, 15) is 0 Å². The SMILES string of the molecule is CC(N)C1CCN(Cc2ccc(Cl)s2)C1.Cl. The van der Waals surface area contributed by atoms with Gasteiger partial charge in [-0.1, -0.05) is 11.6 Å². The summed E-state index contributed by atoms with van der Waals surface area (Å²) < 4.78 is 0.882. The number of hydrogen-bond acceptors (Lipinski definition) is 3. The van der Waals surface area contributed by atoms with Crippen LogP contribution < -0.4 is 5.73 Å². The molecule has 0 aromatic carbocycles. The van der Waals surface area contributed by atoms with Crippen LogP contribution in [0.3, 0.4) is 0 Å². The van der Waals surface area contributed by atoms with E-state index < -0.39 is 0 Å². The second kappa shape index (κ2) is 6.22. The number of nitrogens with zero attached hydrogens (tertiary/aromatic N) is 1. The summed E-state index contributed by atoms with van der Waals surface area (Å²) in [5.74, 6) is 0.667. The maximum atomic E-state index is 5.91. The maximum Gasteiger partial charge on any atom is 0.0931 e. The van der Waals surface area contributed by atoms with Gasteiger partial charge in [-0.2, -0.15) is 0 Å². The van der Waals surface area contributed by atoms with Crippen molar-refractivity contribution in [2.45, 2.75) is 25.9 Å². The number of likely N-dealkylation sites (tertiary alicyclic amines) is 1. The van der Waals surface area contributed by atoms with Crippen LogP contribution in [-0.2, 0) is 6.54 Å². The summed E-state index contributed by atoms with van der Waals surface area (Å²) in [6.45, 7) is 5.44. The zero-order chi connectivity index (χ0) is 10.8. The van der Waals surface area contributed by atoms with Crippen molar-refractivity contribution in [1.82, 2.24) is 4.90 Å². The van der Waals surface area contributed by atoms with Gasteiger partial charge in [0.05, 0.1) is 4.34 Å². The lowest BCUT2D eigenvalue weighted by molar-refractivity contribution is 0.311. The van der Waals surface area contributed by atoms with Crippen LogP contribution >= 0.6 is 35.3 Å². The molecular formula is C11H18Cl2N2S. The highest BCUT2D eigenvalue weighted by molar-refractivity contribution is 7.16. The Morgan fingerprint density at radius 2 is 2.38 bits per heavy atom. The lowest BCUT2D eigenvalue weighted by Gasteiger charge is -2.16. The van der Waals surface area contributed by atoms with Crippen LogP contribution in [0.1, 0.15) is 18.2 Å². The van der Waals surface area contributed by atoms with Crippen LogP contribution in [0.5, 0.6) is 0 Å². The summed E-state index contributed by atoms with van der Waals surface area (Å²) in [6, 6.07) is 4.41. The number of nitrogens with two attached hydrogens (primary N) is 1. The van der Waals surface area contributed by atoms with Crippen molar-refractivity contribution >= 4 is 35.3 Å². The molecule has 16 heavy (non-hydrogen) atoms. The van der Waals surface area contributed by atoms with Gasteiger partial charge < -0.3 is 5.73 Å². The van der Waals surface area contributed by atoms with Crippen LogP contribution in [0, 0.1) is 5.92 Å². The summed E-state index contributed by atoms with van der Waals surface area (Å²) in [5, 5.41) is 0. The molecule has 0 saturated carbocycles. The fourth-order valence-electron chi connectivity index (χ4n) is 2.09. The fraction of sp³-hybridized carbons (Fsp3) is 0.636. The Morgan fingerprint density at radius 1 is 1.62 bits per heavy atom. The zero-order valence-electron chi connectivity index (χ0n) is 9.36. The van der Waals surface area contributed by atoms with Gasteiger partial charge in [-0.15, -0.1) is 23.7 Å². The highest BCUT2D eigenvalue weighted by Gasteiger charge is 2.25. The van der Waals surface area contributed by atoms with Gasteiger partial charge in [0.15, 0.2) is 0 Å². The van der Waals surface area contributed by atoms with E-state index in [0.29, 0.717) is 12.0 Å². The van der Waals surface area contributed by atoms with Gasteiger partial charge in [0.1, 0.15) is 0 Å². The normalized spacial score (nSPS) is 23.1. The van der Waals surface area contributed by atoms with Gasteiger partial charge in [-0.25, -0.2) is 0 Å². The topological polar surface area (TPSA) is 29.3 Å². The van der Waals surface area contributed by atoms with Gasteiger partial charge in [0, 0.05) is 24.0 Å². The molecule has 2 rings (SSSR count). The molecule has 0 aliphatic carbocycles. The largest absolute Gasteiger partial charge is 0.328 e. The Labute approximate surface area is 112 Å². The first kappa shape index (κ1) is 14.3. The van der Waals surface area contributed by atoms with Crippen LogP contribution in [0.15, 0.2) is 12.1 Å². The first-order valence-electron chi connectivity index (χ1n) is 5.37. The highest BCUT2D eigenvalue weighted by Crippen LogP contribution is 2.26. The van der Waals surface area contributed by atoms with Crippen LogP contribution in [0.4, 0.5) is 0 Å². The van der Waals surface area contributed by atoms with Crippen molar-refractivity contribution in [1.29, 1.82) is 0 Å². The molecule has 2 N–H and O–H groups in total. The minimum atomic E-state index is 0. The van der Waals surface area contributed by atoms with Crippen LogP contribution in [-0.4, -0.2) is 24.0 Å². The second-order valence-electron chi connectivity index (χ2n) is 4.35. The minimum absolute atomic E-state index is 0. The molecule has 1 fully saturated rings. The number of thiophene rings is 1. The van der Waals surface area contributed by atoms with E-state index in [1.807, 2.05) is 6.07 Å². The average molecular weight is 281 g/mol. The summed E-state index contributed by atoms with van der Waals surface area (Å²) in [4.78, 5) is 3.82. The van der Waals surface area contributed by atoms with Crippen molar-refractivity contribution in [2.75, 3.05) is 13.1 Å². The van der Waals surface area contributed by atoms with Crippen molar-refractivity contribution in [3.05, 3.63) is 21.3 Å². The van der Waals surface area contributed by atoms with E-state index >= 15 is 0 Å². The molecule has 2 heterocycles. The fourth-order valence-corrected chi connectivity index (χ4v) is 3.22. The summed E-state index contributed by atoms with van der Waals surface area (Å²) in [7, 11) is 0. The molecule has 1 saturated heterocycles. The smallest absolute Gasteiger partial charge is 0.0931 e. The molecule has 2 unspecified atom stereocenters. The van der Waals surface area contributed by atoms with Crippen LogP contribution in [0.2, 0.25) is 4.34 Å². The molecule has 2 atom stereocenters. The second-order valence-corrected chi connectivity index (χ2v) is 6.15. The third kappa shape index (κ3) is 3.60. The van der Waals surface area contributed by atoms with Crippen molar-refractivity contribution < 1.29 is 0 Å². The molecule has 1 aliphatic rings. The van der Waals surface area contributed by atoms with Crippen LogP contribution in [0.25, 0.3) is 0 Å².